The minimum absolute atomic E-state index is 0.0618. The first kappa shape index (κ1) is 16.1. The van der Waals surface area contributed by atoms with Crippen molar-refractivity contribution in [2.75, 3.05) is 11.9 Å². The molecule has 0 spiro atoms. The van der Waals surface area contributed by atoms with Crippen LogP contribution in [-0.4, -0.2) is 12.5 Å². The molecule has 5 heteroatoms. The van der Waals surface area contributed by atoms with Gasteiger partial charge in [-0.25, -0.2) is 0 Å². The predicted octanol–water partition coefficient (Wildman–Crippen LogP) is 4.66. The van der Waals surface area contributed by atoms with Gasteiger partial charge in [0.2, 0.25) is 5.91 Å². The average molecular weight is 416 g/mol. The minimum atomic E-state index is -0.0618. The number of halogens is 2. The van der Waals surface area contributed by atoms with Crippen molar-refractivity contribution in [3.8, 4) is 5.75 Å². The van der Waals surface area contributed by atoms with Crippen LogP contribution in [-0.2, 0) is 4.79 Å². The Balaban J connectivity index is 1.81. The van der Waals surface area contributed by atoms with Gasteiger partial charge in [0, 0.05) is 14.3 Å². The van der Waals surface area contributed by atoms with Crippen LogP contribution in [0.1, 0.15) is 12.0 Å². The number of hydrogen-bond donors (Lipinski definition) is 1. The van der Waals surface area contributed by atoms with Crippen molar-refractivity contribution in [2.45, 2.75) is 13.3 Å². The Labute approximate surface area is 142 Å². The van der Waals surface area contributed by atoms with Gasteiger partial charge in [0.1, 0.15) is 5.75 Å². The standard InChI is InChI=1S/C16H15ClINO2/c1-11-10-13(18)4-7-15(11)19-16(20)8-9-21-14-5-2-12(17)3-6-14/h2-7,10H,8-9H2,1H3,(H,19,20). The summed E-state index contributed by atoms with van der Waals surface area (Å²) < 4.78 is 6.65. The highest BCUT2D eigenvalue weighted by atomic mass is 127. The molecule has 0 aliphatic heterocycles. The Morgan fingerprint density at radius 3 is 2.62 bits per heavy atom. The summed E-state index contributed by atoms with van der Waals surface area (Å²) in [4.78, 5) is 11.9. The van der Waals surface area contributed by atoms with Crippen molar-refractivity contribution in [3.63, 3.8) is 0 Å². The third-order valence-corrected chi connectivity index (χ3v) is 3.80. The van der Waals surface area contributed by atoms with E-state index < -0.39 is 0 Å². The van der Waals surface area contributed by atoms with Crippen molar-refractivity contribution >= 4 is 45.8 Å². The summed E-state index contributed by atoms with van der Waals surface area (Å²) in [6, 6.07) is 13.0. The molecule has 21 heavy (non-hydrogen) atoms. The number of carbonyl (C=O) groups excluding carboxylic acids is 1. The van der Waals surface area contributed by atoms with Crippen LogP contribution in [0.4, 0.5) is 5.69 Å². The molecule has 0 heterocycles. The lowest BCUT2D eigenvalue weighted by Gasteiger charge is -2.09. The molecule has 110 valence electrons. The van der Waals surface area contributed by atoms with Crippen molar-refractivity contribution in [2.24, 2.45) is 0 Å². The number of amides is 1. The summed E-state index contributed by atoms with van der Waals surface area (Å²) >= 11 is 8.04. The summed E-state index contributed by atoms with van der Waals surface area (Å²) in [6.45, 7) is 2.30. The molecule has 0 aromatic heterocycles. The molecule has 0 saturated heterocycles. The molecule has 0 radical (unpaired) electrons. The molecule has 0 fully saturated rings. The van der Waals surface area contributed by atoms with Gasteiger partial charge in [-0.15, -0.1) is 0 Å². The summed E-state index contributed by atoms with van der Waals surface area (Å²) in [5.74, 6) is 0.644. The fourth-order valence-corrected chi connectivity index (χ4v) is 2.55. The lowest BCUT2D eigenvalue weighted by atomic mass is 10.2. The minimum Gasteiger partial charge on any atom is -0.493 e. The number of rotatable bonds is 5. The molecule has 0 unspecified atom stereocenters. The third-order valence-electron chi connectivity index (χ3n) is 2.87. The lowest BCUT2D eigenvalue weighted by Crippen LogP contribution is -2.15. The lowest BCUT2D eigenvalue weighted by molar-refractivity contribution is -0.116. The monoisotopic (exact) mass is 415 g/mol. The first-order valence-electron chi connectivity index (χ1n) is 6.49. The normalized spacial score (nSPS) is 10.2. The maximum absolute atomic E-state index is 11.9. The highest BCUT2D eigenvalue weighted by Gasteiger charge is 2.05. The number of benzene rings is 2. The van der Waals surface area contributed by atoms with Gasteiger partial charge in [-0.2, -0.15) is 0 Å². The number of carbonyl (C=O) groups is 1. The van der Waals surface area contributed by atoms with Gasteiger partial charge in [0.15, 0.2) is 0 Å². The first-order valence-corrected chi connectivity index (χ1v) is 7.94. The van der Waals surface area contributed by atoms with Crippen molar-refractivity contribution in [3.05, 3.63) is 56.6 Å². The Bertz CT molecular complexity index is 629. The van der Waals surface area contributed by atoms with Crippen LogP contribution >= 0.6 is 34.2 Å². The maximum Gasteiger partial charge on any atom is 0.227 e. The average Bonchev–Trinajstić information content (AvgIpc) is 2.44. The molecule has 2 aromatic rings. The van der Waals surface area contributed by atoms with Gasteiger partial charge in [0.25, 0.3) is 0 Å². The Morgan fingerprint density at radius 1 is 1.24 bits per heavy atom. The molecule has 0 saturated carbocycles. The van der Waals surface area contributed by atoms with Gasteiger partial charge in [0.05, 0.1) is 13.0 Å². The van der Waals surface area contributed by atoms with Crippen LogP contribution in [0.2, 0.25) is 5.02 Å². The summed E-state index contributed by atoms with van der Waals surface area (Å²) in [6.07, 6.45) is 0.300. The molecule has 2 aromatic carbocycles. The molecule has 3 nitrogen and oxygen atoms in total. The molecule has 0 bridgehead atoms. The summed E-state index contributed by atoms with van der Waals surface area (Å²) in [5.41, 5.74) is 1.89. The Hall–Kier alpha value is -1.27. The SMILES string of the molecule is Cc1cc(I)ccc1NC(=O)CCOc1ccc(Cl)cc1. The Morgan fingerprint density at radius 2 is 1.95 bits per heavy atom. The fourth-order valence-electron chi connectivity index (χ4n) is 1.77. The first-order chi connectivity index (χ1) is 10.0. The van der Waals surface area contributed by atoms with E-state index in [0.717, 1.165) is 14.8 Å². The molecule has 2 rings (SSSR count). The molecular weight excluding hydrogens is 401 g/mol. The summed E-state index contributed by atoms with van der Waals surface area (Å²) in [7, 11) is 0. The second-order valence-corrected chi connectivity index (χ2v) is 6.24. The molecule has 0 aliphatic rings. The third kappa shape index (κ3) is 5.21. The molecular formula is C16H15ClINO2. The number of aryl methyl sites for hydroxylation is 1. The van der Waals surface area contributed by atoms with Crippen LogP contribution in [0.15, 0.2) is 42.5 Å². The molecule has 1 N–H and O–H groups in total. The largest absolute Gasteiger partial charge is 0.493 e. The van der Waals surface area contributed by atoms with E-state index in [4.69, 9.17) is 16.3 Å². The molecule has 0 aliphatic carbocycles. The van der Waals surface area contributed by atoms with Crippen LogP contribution in [0.5, 0.6) is 5.75 Å². The van der Waals surface area contributed by atoms with Crippen LogP contribution in [0.3, 0.4) is 0 Å². The van der Waals surface area contributed by atoms with E-state index in [1.807, 2.05) is 25.1 Å². The smallest absolute Gasteiger partial charge is 0.227 e. The van der Waals surface area contributed by atoms with E-state index >= 15 is 0 Å². The zero-order valence-electron chi connectivity index (χ0n) is 11.5. The van der Waals surface area contributed by atoms with Gasteiger partial charge in [-0.3, -0.25) is 4.79 Å². The topological polar surface area (TPSA) is 38.3 Å². The van der Waals surface area contributed by atoms with E-state index in [9.17, 15) is 4.79 Å². The van der Waals surface area contributed by atoms with Crippen LogP contribution in [0, 0.1) is 10.5 Å². The van der Waals surface area contributed by atoms with E-state index in [0.29, 0.717) is 23.8 Å². The zero-order chi connectivity index (χ0) is 15.2. The fraction of sp³-hybridized carbons (Fsp3) is 0.188. The van der Waals surface area contributed by atoms with Crippen molar-refractivity contribution in [1.82, 2.24) is 0 Å². The Kier molecular flexibility index (Phi) is 5.87. The van der Waals surface area contributed by atoms with Gasteiger partial charge < -0.3 is 10.1 Å². The second-order valence-electron chi connectivity index (χ2n) is 4.56. The number of ether oxygens (including phenoxy) is 1. The van der Waals surface area contributed by atoms with Crippen molar-refractivity contribution in [1.29, 1.82) is 0 Å². The number of hydrogen-bond acceptors (Lipinski definition) is 2. The predicted molar refractivity (Wildman–Crippen MR) is 94.1 cm³/mol. The highest BCUT2D eigenvalue weighted by Crippen LogP contribution is 2.18. The molecule has 0 atom stereocenters. The van der Waals surface area contributed by atoms with Gasteiger partial charge in [-0.05, 0) is 77.5 Å². The number of anilines is 1. The van der Waals surface area contributed by atoms with E-state index in [1.165, 1.54) is 0 Å². The van der Waals surface area contributed by atoms with E-state index in [1.54, 1.807) is 24.3 Å². The quantitative estimate of drug-likeness (QED) is 0.721. The molecule has 1 amide bonds. The van der Waals surface area contributed by atoms with E-state index in [2.05, 4.69) is 27.9 Å². The van der Waals surface area contributed by atoms with Crippen LogP contribution in [0.25, 0.3) is 0 Å². The van der Waals surface area contributed by atoms with Crippen molar-refractivity contribution < 1.29 is 9.53 Å². The van der Waals surface area contributed by atoms with Gasteiger partial charge in [-0.1, -0.05) is 11.6 Å². The summed E-state index contributed by atoms with van der Waals surface area (Å²) in [5, 5.41) is 3.55. The second kappa shape index (κ2) is 7.66. The highest BCUT2D eigenvalue weighted by molar-refractivity contribution is 14.1. The zero-order valence-corrected chi connectivity index (χ0v) is 14.4. The van der Waals surface area contributed by atoms with Gasteiger partial charge >= 0.3 is 0 Å². The number of nitrogens with one attached hydrogen (secondary N) is 1. The van der Waals surface area contributed by atoms with Crippen LogP contribution < -0.4 is 10.1 Å². The maximum atomic E-state index is 11.9. The van der Waals surface area contributed by atoms with E-state index in [-0.39, 0.29) is 5.91 Å².